The van der Waals surface area contributed by atoms with Crippen LogP contribution in [0.15, 0.2) is 48.8 Å². The Balaban J connectivity index is 1.44. The highest BCUT2D eigenvalue weighted by molar-refractivity contribution is 6.33. The molecule has 0 atom stereocenters. The summed E-state index contributed by atoms with van der Waals surface area (Å²) in [6.45, 7) is 3.18. The lowest BCUT2D eigenvalue weighted by Gasteiger charge is -2.12. The number of rotatable bonds is 12. The minimum absolute atomic E-state index is 0.0485. The van der Waals surface area contributed by atoms with Crippen molar-refractivity contribution in [3.05, 3.63) is 64.4 Å². The number of carboxylic acid groups (broad SMARTS) is 1. The van der Waals surface area contributed by atoms with Gasteiger partial charge >= 0.3 is 5.97 Å². The first-order chi connectivity index (χ1) is 18.3. The fourth-order valence-corrected chi connectivity index (χ4v) is 4.39. The summed E-state index contributed by atoms with van der Waals surface area (Å²) in [4.78, 5) is 24.4. The first-order valence-corrected chi connectivity index (χ1v) is 12.9. The highest BCUT2D eigenvalue weighted by atomic mass is 35.5. The van der Waals surface area contributed by atoms with E-state index in [1.807, 2.05) is 34.9 Å². The number of carbonyl (C=O) groups is 1. The zero-order valence-electron chi connectivity index (χ0n) is 20.7. The average molecular weight is 557 g/mol. The fourth-order valence-electron chi connectivity index (χ4n) is 3.92. The van der Waals surface area contributed by atoms with E-state index < -0.39 is 5.97 Å². The van der Waals surface area contributed by atoms with Gasteiger partial charge in [-0.1, -0.05) is 35.3 Å². The second-order valence-electron chi connectivity index (χ2n) is 9.30. The maximum absolute atomic E-state index is 10.6. The van der Waals surface area contributed by atoms with Crippen molar-refractivity contribution in [2.24, 2.45) is 0 Å². The number of benzene rings is 2. The standard InChI is InChI=1S/C27H26Cl2N4O5/c1-27(8-9-27)38-26-23-25(30-16-31-26)33(15-17-3-2-4-18(28)13-17)24(32-23)20-6-5-19(14-21(20)29)37-12-11-36-10-7-22(34)35/h2-6,13-14,16H,7-12,15H2,1H3,(H,34,35). The summed E-state index contributed by atoms with van der Waals surface area (Å²) >= 11 is 13.0. The van der Waals surface area contributed by atoms with Gasteiger partial charge in [-0.3, -0.25) is 4.79 Å². The summed E-state index contributed by atoms with van der Waals surface area (Å²) in [5.41, 5.74) is 2.64. The minimum Gasteiger partial charge on any atom is -0.491 e. The molecule has 2 heterocycles. The Morgan fingerprint density at radius 2 is 1.95 bits per heavy atom. The van der Waals surface area contributed by atoms with E-state index in [9.17, 15) is 4.79 Å². The fraction of sp³-hybridized carbons (Fsp3) is 0.333. The maximum Gasteiger partial charge on any atom is 0.305 e. The molecule has 0 aliphatic heterocycles. The third-order valence-electron chi connectivity index (χ3n) is 6.16. The van der Waals surface area contributed by atoms with E-state index in [1.54, 1.807) is 12.1 Å². The molecule has 0 unspecified atom stereocenters. The summed E-state index contributed by atoms with van der Waals surface area (Å²) in [5.74, 6) is 0.713. The molecule has 0 bridgehead atoms. The smallest absolute Gasteiger partial charge is 0.305 e. The molecule has 5 rings (SSSR count). The third kappa shape index (κ3) is 6.18. The van der Waals surface area contributed by atoms with Gasteiger partial charge in [0.1, 0.15) is 30.1 Å². The van der Waals surface area contributed by atoms with E-state index in [2.05, 4.69) is 16.9 Å². The van der Waals surface area contributed by atoms with Crippen molar-refractivity contribution in [1.29, 1.82) is 0 Å². The summed E-state index contributed by atoms with van der Waals surface area (Å²) in [6.07, 6.45) is 3.37. The summed E-state index contributed by atoms with van der Waals surface area (Å²) in [6, 6.07) is 13.0. The molecule has 198 valence electrons. The summed E-state index contributed by atoms with van der Waals surface area (Å²) in [7, 11) is 0. The molecular weight excluding hydrogens is 531 g/mol. The van der Waals surface area contributed by atoms with Gasteiger partial charge in [0.2, 0.25) is 5.88 Å². The molecule has 9 nitrogen and oxygen atoms in total. The number of aliphatic carboxylic acids is 1. The molecule has 1 aliphatic carbocycles. The van der Waals surface area contributed by atoms with Gasteiger partial charge in [-0.2, -0.15) is 4.98 Å². The quantitative estimate of drug-likeness (QED) is 0.223. The van der Waals surface area contributed by atoms with Crippen molar-refractivity contribution in [3.63, 3.8) is 0 Å². The van der Waals surface area contributed by atoms with Crippen molar-refractivity contribution in [2.75, 3.05) is 19.8 Å². The van der Waals surface area contributed by atoms with E-state index in [0.29, 0.717) is 50.8 Å². The van der Waals surface area contributed by atoms with E-state index in [-0.39, 0.29) is 31.8 Å². The molecule has 2 aromatic carbocycles. The number of nitrogens with zero attached hydrogens (tertiary/aromatic N) is 4. The van der Waals surface area contributed by atoms with E-state index >= 15 is 0 Å². The Kier molecular flexibility index (Phi) is 7.69. The molecule has 4 aromatic rings. The zero-order chi connectivity index (χ0) is 26.7. The van der Waals surface area contributed by atoms with Crippen LogP contribution in [0.5, 0.6) is 11.6 Å². The lowest BCUT2D eigenvalue weighted by molar-refractivity contribution is -0.138. The Labute approximate surface area is 229 Å². The second-order valence-corrected chi connectivity index (χ2v) is 10.1. The lowest BCUT2D eigenvalue weighted by Crippen LogP contribution is -2.13. The normalized spacial score (nSPS) is 14.0. The number of hydrogen-bond acceptors (Lipinski definition) is 7. The van der Waals surface area contributed by atoms with Crippen LogP contribution in [0.2, 0.25) is 10.0 Å². The van der Waals surface area contributed by atoms with Gasteiger partial charge < -0.3 is 23.9 Å². The average Bonchev–Trinajstić information content (AvgIpc) is 3.49. The lowest BCUT2D eigenvalue weighted by atomic mass is 10.2. The Bertz CT molecular complexity index is 1470. The molecule has 38 heavy (non-hydrogen) atoms. The van der Waals surface area contributed by atoms with Crippen molar-refractivity contribution in [2.45, 2.75) is 38.3 Å². The van der Waals surface area contributed by atoms with E-state index in [0.717, 1.165) is 18.4 Å². The van der Waals surface area contributed by atoms with Gasteiger partial charge in [-0.15, -0.1) is 0 Å². The van der Waals surface area contributed by atoms with Crippen LogP contribution in [0.25, 0.3) is 22.6 Å². The largest absolute Gasteiger partial charge is 0.491 e. The number of imidazole rings is 1. The maximum atomic E-state index is 10.6. The Morgan fingerprint density at radius 1 is 1.11 bits per heavy atom. The second kappa shape index (κ2) is 11.1. The first kappa shape index (κ1) is 26.2. The molecular formula is C27H26Cl2N4O5. The van der Waals surface area contributed by atoms with Crippen LogP contribution in [0.1, 0.15) is 31.7 Å². The number of ether oxygens (including phenoxy) is 3. The predicted molar refractivity (Wildman–Crippen MR) is 143 cm³/mol. The van der Waals surface area contributed by atoms with Gasteiger partial charge in [-0.25, -0.2) is 9.97 Å². The van der Waals surface area contributed by atoms with Crippen LogP contribution in [-0.2, 0) is 16.1 Å². The highest BCUT2D eigenvalue weighted by Crippen LogP contribution is 2.41. The third-order valence-corrected chi connectivity index (χ3v) is 6.71. The number of fused-ring (bicyclic) bond motifs is 1. The van der Waals surface area contributed by atoms with Crippen LogP contribution in [-0.4, -0.2) is 56.0 Å². The van der Waals surface area contributed by atoms with Crippen LogP contribution in [0.3, 0.4) is 0 Å². The van der Waals surface area contributed by atoms with E-state index in [4.69, 9.17) is 47.5 Å². The molecule has 11 heteroatoms. The van der Waals surface area contributed by atoms with Crippen molar-refractivity contribution in [1.82, 2.24) is 19.5 Å². The van der Waals surface area contributed by atoms with Crippen LogP contribution >= 0.6 is 23.2 Å². The van der Waals surface area contributed by atoms with Crippen molar-refractivity contribution < 1.29 is 24.1 Å². The van der Waals surface area contributed by atoms with Gasteiger partial charge in [0.25, 0.3) is 0 Å². The zero-order valence-corrected chi connectivity index (χ0v) is 22.2. The number of halogens is 2. The van der Waals surface area contributed by atoms with Crippen LogP contribution in [0.4, 0.5) is 0 Å². The number of carboxylic acids is 1. The summed E-state index contributed by atoms with van der Waals surface area (Å²) in [5, 5.41) is 9.76. The molecule has 1 fully saturated rings. The molecule has 2 aromatic heterocycles. The first-order valence-electron chi connectivity index (χ1n) is 12.2. The molecule has 1 saturated carbocycles. The topological polar surface area (TPSA) is 109 Å². The molecule has 0 spiro atoms. The van der Waals surface area contributed by atoms with Crippen molar-refractivity contribution in [3.8, 4) is 23.0 Å². The van der Waals surface area contributed by atoms with Crippen LogP contribution < -0.4 is 9.47 Å². The summed E-state index contributed by atoms with van der Waals surface area (Å²) < 4.78 is 19.2. The van der Waals surface area contributed by atoms with Gasteiger partial charge in [-0.05, 0) is 55.7 Å². The SMILES string of the molecule is CC1(Oc2ncnc3c2nc(-c2ccc(OCCOCCC(=O)O)cc2Cl)n3Cc2cccc(Cl)c2)CC1. The molecule has 0 amide bonds. The molecule has 0 radical (unpaired) electrons. The minimum atomic E-state index is -0.902. The number of hydrogen-bond donors (Lipinski definition) is 1. The highest BCUT2D eigenvalue weighted by Gasteiger charge is 2.41. The monoisotopic (exact) mass is 556 g/mol. The van der Waals surface area contributed by atoms with Crippen molar-refractivity contribution >= 4 is 40.3 Å². The molecule has 0 saturated heterocycles. The molecule has 1 aliphatic rings. The Morgan fingerprint density at radius 3 is 2.68 bits per heavy atom. The predicted octanol–water partition coefficient (Wildman–Crippen LogP) is 5.65. The molecule has 1 N–H and O–H groups in total. The van der Waals surface area contributed by atoms with Gasteiger partial charge in [0, 0.05) is 10.6 Å². The number of aromatic nitrogens is 4. The van der Waals surface area contributed by atoms with Crippen LogP contribution in [0, 0.1) is 0 Å². The Hall–Kier alpha value is -3.40. The van der Waals surface area contributed by atoms with E-state index in [1.165, 1.54) is 6.33 Å². The van der Waals surface area contributed by atoms with Gasteiger partial charge in [0.15, 0.2) is 11.2 Å². The van der Waals surface area contributed by atoms with Gasteiger partial charge in [0.05, 0.1) is 31.2 Å².